The van der Waals surface area contributed by atoms with Crippen LogP contribution in [0.1, 0.15) is 54.0 Å². The number of nitrogens with zero attached hydrogens (tertiary/aromatic N) is 2. The minimum absolute atomic E-state index is 0.0460. The van der Waals surface area contributed by atoms with Crippen LogP contribution in [0, 0.1) is 5.41 Å². The van der Waals surface area contributed by atoms with Gasteiger partial charge in [0, 0.05) is 40.6 Å². The summed E-state index contributed by atoms with van der Waals surface area (Å²) in [4.78, 5) is 14.7. The number of rotatable bonds is 7. The van der Waals surface area contributed by atoms with Crippen molar-refractivity contribution in [2.75, 3.05) is 19.3 Å². The van der Waals surface area contributed by atoms with Crippen molar-refractivity contribution < 1.29 is 13.7 Å². The highest BCUT2D eigenvalue weighted by molar-refractivity contribution is 7.97. The number of hydrogen-bond donors (Lipinski definition) is 0. The Bertz CT molecular complexity index is 731. The summed E-state index contributed by atoms with van der Waals surface area (Å²) in [6.45, 7) is 15.5. The van der Waals surface area contributed by atoms with Gasteiger partial charge in [-0.1, -0.05) is 51.1 Å². The molecule has 0 aromatic heterocycles. The molecule has 0 heterocycles. The zero-order valence-electron chi connectivity index (χ0n) is 18.8. The minimum atomic E-state index is -2.41. The van der Waals surface area contributed by atoms with Crippen LogP contribution in [0.3, 0.4) is 0 Å². The number of ether oxygens (including phenoxy) is 1. The molecule has 0 aliphatic carbocycles. The lowest BCUT2D eigenvalue weighted by Gasteiger charge is -2.41. The van der Waals surface area contributed by atoms with Crippen molar-refractivity contribution in [2.24, 2.45) is 5.41 Å². The molecule has 0 N–H and O–H groups in total. The molecule has 5 nitrogen and oxygen atoms in total. The Morgan fingerprint density at radius 1 is 1.11 bits per heavy atom. The van der Waals surface area contributed by atoms with Gasteiger partial charge >= 0.3 is 6.09 Å². The highest BCUT2D eigenvalue weighted by Crippen LogP contribution is 2.26. The average Bonchev–Trinajstić information content (AvgIpc) is 2.53. The summed E-state index contributed by atoms with van der Waals surface area (Å²) in [6.07, 6.45) is 1.29. The van der Waals surface area contributed by atoms with E-state index in [0.29, 0.717) is 13.1 Å². The van der Waals surface area contributed by atoms with E-state index in [4.69, 9.17) is 4.74 Å². The van der Waals surface area contributed by atoms with Crippen LogP contribution in [0.2, 0.25) is 0 Å². The third kappa shape index (κ3) is 7.47. The summed E-state index contributed by atoms with van der Waals surface area (Å²) in [5, 5.41) is 0. The first kappa shape index (κ1) is 24.5. The third-order valence-electron chi connectivity index (χ3n) is 4.92. The number of benzene rings is 1. The lowest BCUT2D eigenvalue weighted by Crippen LogP contribution is -2.52. The fourth-order valence-corrected chi connectivity index (χ4v) is 4.65. The molecule has 1 rings (SSSR count). The number of carbonyl (C=O) groups is 1. The van der Waals surface area contributed by atoms with E-state index in [2.05, 4.69) is 26.6 Å². The molecule has 0 aliphatic rings. The van der Waals surface area contributed by atoms with Gasteiger partial charge in [-0.05, 0) is 44.5 Å². The topological polar surface area (TPSA) is 49.9 Å². The maximum Gasteiger partial charge on any atom is 0.410 e. The van der Waals surface area contributed by atoms with E-state index >= 15 is 0 Å². The van der Waals surface area contributed by atoms with Crippen LogP contribution in [0.5, 0.6) is 0 Å². The molecule has 6 heteroatoms. The predicted octanol–water partition coefficient (Wildman–Crippen LogP) is 4.42. The summed E-state index contributed by atoms with van der Waals surface area (Å²) < 4.78 is 20.1. The van der Waals surface area contributed by atoms with Crippen LogP contribution in [0.4, 0.5) is 4.79 Å². The number of amides is 1. The van der Waals surface area contributed by atoms with E-state index in [9.17, 15) is 9.00 Å². The zero-order chi connectivity index (χ0) is 21.8. The zero-order valence-corrected chi connectivity index (χ0v) is 19.6. The molecule has 1 amide bonds. The van der Waals surface area contributed by atoms with Gasteiger partial charge in [0.1, 0.15) is 6.61 Å². The quantitative estimate of drug-likeness (QED) is 0.625. The second-order valence-electron chi connectivity index (χ2n) is 9.51. The molecule has 1 aromatic rings. The summed E-state index contributed by atoms with van der Waals surface area (Å²) in [6, 6.07) is 9.59. The average molecular weight is 411 g/mol. The Morgan fingerprint density at radius 2 is 1.64 bits per heavy atom. The summed E-state index contributed by atoms with van der Waals surface area (Å²) in [5.41, 5.74) is 0.513. The minimum Gasteiger partial charge on any atom is -0.445 e. The maximum atomic E-state index is 12.9. The van der Waals surface area contributed by atoms with Gasteiger partial charge in [-0.2, -0.15) is 0 Å². The van der Waals surface area contributed by atoms with E-state index in [0.717, 1.165) is 5.56 Å². The molecule has 0 aliphatic heterocycles. The van der Waals surface area contributed by atoms with Crippen molar-refractivity contribution in [3.05, 3.63) is 35.9 Å². The van der Waals surface area contributed by atoms with Crippen LogP contribution in [-0.2, 0) is 21.1 Å². The van der Waals surface area contributed by atoms with Crippen molar-refractivity contribution in [3.63, 3.8) is 0 Å². The Kier molecular flexibility index (Phi) is 8.15. The number of hydrogen-bond acceptors (Lipinski definition) is 3. The number of carbonyl (C=O) groups excluding carboxylic acids is 1. The normalized spacial score (nSPS) is 15.8. The van der Waals surface area contributed by atoms with Crippen LogP contribution in [0.15, 0.2) is 30.3 Å². The lowest BCUT2D eigenvalue weighted by molar-refractivity contribution is 0.0533. The highest BCUT2D eigenvalue weighted by Gasteiger charge is 2.33. The molecule has 1 aromatic carbocycles. The first-order chi connectivity index (χ1) is 12.6. The van der Waals surface area contributed by atoms with E-state index in [1.165, 1.54) is 0 Å². The van der Waals surface area contributed by atoms with Crippen molar-refractivity contribution >= 4 is 21.7 Å². The molecule has 0 saturated carbocycles. The molecular formula is C22H38N2O3S. The fourth-order valence-electron chi connectivity index (χ4n) is 3.02. The van der Waals surface area contributed by atoms with Gasteiger partial charge in [0.2, 0.25) is 0 Å². The van der Waals surface area contributed by atoms with Crippen LogP contribution < -0.4 is 0 Å². The SMILES string of the molecule is C=S(C)(=O)N(CCN(C(=O)OCc1ccccc1)C(C)C(C)(C)C)C(C)(C)C. The second kappa shape index (κ2) is 9.31. The van der Waals surface area contributed by atoms with Gasteiger partial charge in [-0.3, -0.25) is 4.21 Å². The Morgan fingerprint density at radius 3 is 2.07 bits per heavy atom. The van der Waals surface area contributed by atoms with Crippen molar-refractivity contribution in [1.82, 2.24) is 9.21 Å². The Labute approximate surface area is 172 Å². The largest absolute Gasteiger partial charge is 0.445 e. The molecule has 2 unspecified atom stereocenters. The third-order valence-corrected chi connectivity index (χ3v) is 6.58. The fraction of sp³-hybridized carbons (Fsp3) is 0.636. The summed E-state index contributed by atoms with van der Waals surface area (Å²) >= 11 is 0. The van der Waals surface area contributed by atoms with Gasteiger partial charge in [-0.25, -0.2) is 9.10 Å². The monoisotopic (exact) mass is 410 g/mol. The van der Waals surface area contributed by atoms with E-state index in [-0.39, 0.29) is 29.7 Å². The summed E-state index contributed by atoms with van der Waals surface area (Å²) in [7, 11) is -2.41. The molecule has 0 radical (unpaired) electrons. The first-order valence-electron chi connectivity index (χ1n) is 9.71. The molecule has 0 spiro atoms. The van der Waals surface area contributed by atoms with Crippen LogP contribution >= 0.6 is 0 Å². The molecule has 0 fully saturated rings. The molecule has 160 valence electrons. The van der Waals surface area contributed by atoms with Gasteiger partial charge in [-0.15, -0.1) is 0 Å². The summed E-state index contributed by atoms with van der Waals surface area (Å²) in [5.74, 6) is 3.85. The smallest absolute Gasteiger partial charge is 0.410 e. The van der Waals surface area contributed by atoms with E-state index in [1.807, 2.05) is 62.3 Å². The molecule has 28 heavy (non-hydrogen) atoms. The van der Waals surface area contributed by atoms with E-state index < -0.39 is 9.71 Å². The molecular weight excluding hydrogens is 372 g/mol. The standard InChI is InChI=1S/C22H38N2O3S/c1-18(21(2,3)4)23(15-16-24(22(5,6)7)28(8,9)26)20(25)27-17-19-13-11-10-12-14-19/h10-14,18H,8,15-17H2,1-7,9H3. The van der Waals surface area contributed by atoms with Gasteiger partial charge in [0.15, 0.2) is 0 Å². The Hall–Kier alpha value is -1.53. The van der Waals surface area contributed by atoms with Gasteiger partial charge in [0.25, 0.3) is 0 Å². The van der Waals surface area contributed by atoms with Crippen molar-refractivity contribution in [3.8, 4) is 0 Å². The predicted molar refractivity (Wildman–Crippen MR) is 120 cm³/mol. The second-order valence-corrected chi connectivity index (χ2v) is 11.9. The molecule has 2 atom stereocenters. The van der Waals surface area contributed by atoms with Crippen LogP contribution in [-0.4, -0.2) is 56.3 Å². The van der Waals surface area contributed by atoms with Gasteiger partial charge < -0.3 is 9.64 Å². The maximum absolute atomic E-state index is 12.9. The Balaban J connectivity index is 2.97. The molecule has 0 bridgehead atoms. The molecule has 0 saturated heterocycles. The van der Waals surface area contributed by atoms with Crippen LogP contribution in [0.25, 0.3) is 0 Å². The van der Waals surface area contributed by atoms with Gasteiger partial charge in [0.05, 0.1) is 0 Å². The van der Waals surface area contributed by atoms with E-state index in [1.54, 1.807) is 11.2 Å². The first-order valence-corrected chi connectivity index (χ1v) is 11.8. The van der Waals surface area contributed by atoms with Crippen molar-refractivity contribution in [2.45, 2.75) is 66.7 Å². The van der Waals surface area contributed by atoms with Crippen molar-refractivity contribution in [1.29, 1.82) is 0 Å². The lowest BCUT2D eigenvalue weighted by atomic mass is 9.87. The highest BCUT2D eigenvalue weighted by atomic mass is 32.2.